The van der Waals surface area contributed by atoms with E-state index < -0.39 is 0 Å². The number of nitrogens with zero attached hydrogens (tertiary/aromatic N) is 2. The second-order valence-electron chi connectivity index (χ2n) is 6.63. The summed E-state index contributed by atoms with van der Waals surface area (Å²) in [4.78, 5) is 14.2. The third-order valence-corrected chi connectivity index (χ3v) is 5.59. The maximum atomic E-state index is 13.2. The lowest BCUT2D eigenvalue weighted by Crippen LogP contribution is -2.13. The minimum Gasteiger partial charge on any atom is -0.493 e. The topological polar surface area (TPSA) is 65.4 Å². The summed E-state index contributed by atoms with van der Waals surface area (Å²) in [6, 6.07) is 17.2. The average Bonchev–Trinajstić information content (AvgIpc) is 3.45. The molecule has 6 nitrogen and oxygen atoms in total. The predicted octanol–water partition coefficient (Wildman–Crippen LogP) is 5.18. The van der Waals surface area contributed by atoms with E-state index >= 15 is 0 Å². The molecular formula is C23H21N3O3S. The lowest BCUT2D eigenvalue weighted by molar-refractivity contribution is 0.102. The average molecular weight is 420 g/mol. The van der Waals surface area contributed by atoms with Crippen molar-refractivity contribution in [3.63, 3.8) is 0 Å². The second-order valence-corrected chi connectivity index (χ2v) is 7.57. The Labute approximate surface area is 178 Å². The zero-order valence-corrected chi connectivity index (χ0v) is 17.7. The molecule has 2 aromatic carbocycles. The number of amides is 1. The Balaban J connectivity index is 1.73. The van der Waals surface area contributed by atoms with E-state index in [1.165, 1.54) is 0 Å². The molecule has 152 valence electrons. The van der Waals surface area contributed by atoms with Crippen LogP contribution in [0.3, 0.4) is 0 Å². The van der Waals surface area contributed by atoms with Gasteiger partial charge in [0.2, 0.25) is 0 Å². The van der Waals surface area contributed by atoms with Crippen LogP contribution >= 0.6 is 11.3 Å². The first-order valence-corrected chi connectivity index (χ1v) is 10.2. The zero-order chi connectivity index (χ0) is 21.1. The van der Waals surface area contributed by atoms with Gasteiger partial charge in [-0.3, -0.25) is 4.79 Å². The molecule has 1 N–H and O–H groups in total. The van der Waals surface area contributed by atoms with E-state index in [9.17, 15) is 4.79 Å². The maximum absolute atomic E-state index is 13.2. The van der Waals surface area contributed by atoms with Crippen molar-refractivity contribution in [2.45, 2.75) is 6.92 Å². The van der Waals surface area contributed by atoms with Gasteiger partial charge in [0.15, 0.2) is 11.5 Å². The Kier molecular flexibility index (Phi) is 5.54. The first-order chi connectivity index (χ1) is 14.6. The summed E-state index contributed by atoms with van der Waals surface area (Å²) < 4.78 is 12.4. The lowest BCUT2D eigenvalue weighted by atomic mass is 10.1. The smallest absolute Gasteiger partial charge is 0.259 e. The van der Waals surface area contributed by atoms with Crippen LogP contribution in [0.5, 0.6) is 11.5 Å². The van der Waals surface area contributed by atoms with E-state index in [2.05, 4.69) is 5.32 Å². The fourth-order valence-electron chi connectivity index (χ4n) is 3.15. The number of carbonyl (C=O) groups is 1. The number of aromatic nitrogens is 2. The molecule has 0 saturated carbocycles. The number of thiophene rings is 1. The molecule has 1 amide bonds. The molecule has 0 aliphatic heterocycles. The van der Waals surface area contributed by atoms with E-state index in [1.807, 2.05) is 60.8 Å². The van der Waals surface area contributed by atoms with E-state index in [-0.39, 0.29) is 5.91 Å². The minimum atomic E-state index is -0.240. The number of hydrogen-bond acceptors (Lipinski definition) is 5. The summed E-state index contributed by atoms with van der Waals surface area (Å²) in [5, 5.41) is 9.66. The van der Waals surface area contributed by atoms with Gasteiger partial charge in [-0.25, -0.2) is 4.68 Å². The SMILES string of the molecule is COc1cc(C)c(NC(=O)c2cn(-c3ccccc3)nc2-c2cccs2)cc1OC. The van der Waals surface area contributed by atoms with Crippen molar-refractivity contribution in [1.29, 1.82) is 0 Å². The zero-order valence-electron chi connectivity index (χ0n) is 16.9. The van der Waals surface area contributed by atoms with Gasteiger partial charge in [-0.05, 0) is 42.1 Å². The van der Waals surface area contributed by atoms with Gasteiger partial charge in [-0.1, -0.05) is 24.3 Å². The van der Waals surface area contributed by atoms with Crippen LogP contribution in [0.1, 0.15) is 15.9 Å². The van der Waals surface area contributed by atoms with E-state index in [0.29, 0.717) is 28.4 Å². The van der Waals surface area contributed by atoms with E-state index in [4.69, 9.17) is 14.6 Å². The van der Waals surface area contributed by atoms with Gasteiger partial charge >= 0.3 is 0 Å². The largest absolute Gasteiger partial charge is 0.493 e. The van der Waals surface area contributed by atoms with Crippen LogP contribution in [0.4, 0.5) is 5.69 Å². The number of ether oxygens (including phenoxy) is 2. The number of methoxy groups -OCH3 is 2. The molecule has 2 heterocycles. The van der Waals surface area contributed by atoms with Crippen molar-refractivity contribution in [2.24, 2.45) is 0 Å². The molecule has 0 aliphatic rings. The minimum absolute atomic E-state index is 0.240. The third-order valence-electron chi connectivity index (χ3n) is 4.71. The van der Waals surface area contributed by atoms with Crippen LogP contribution in [0.25, 0.3) is 16.3 Å². The highest BCUT2D eigenvalue weighted by molar-refractivity contribution is 7.13. The molecule has 0 saturated heterocycles. The molecule has 0 atom stereocenters. The summed E-state index contributed by atoms with van der Waals surface area (Å²) >= 11 is 1.54. The van der Waals surface area contributed by atoms with Crippen molar-refractivity contribution < 1.29 is 14.3 Å². The van der Waals surface area contributed by atoms with Gasteiger partial charge in [0, 0.05) is 18.0 Å². The summed E-state index contributed by atoms with van der Waals surface area (Å²) in [6.45, 7) is 1.91. The number of nitrogens with one attached hydrogen (secondary N) is 1. The van der Waals surface area contributed by atoms with Crippen molar-refractivity contribution in [3.8, 4) is 27.8 Å². The molecule has 0 spiro atoms. The van der Waals surface area contributed by atoms with Gasteiger partial charge in [-0.2, -0.15) is 5.10 Å². The molecule has 0 unspecified atom stereocenters. The Morgan fingerprint density at radius 3 is 2.43 bits per heavy atom. The summed E-state index contributed by atoms with van der Waals surface area (Å²) in [5.41, 5.74) is 3.55. The fourth-order valence-corrected chi connectivity index (χ4v) is 3.88. The molecule has 4 aromatic rings. The number of carbonyl (C=O) groups excluding carboxylic acids is 1. The number of rotatable bonds is 6. The third kappa shape index (κ3) is 3.79. The van der Waals surface area contributed by atoms with E-state index in [0.717, 1.165) is 16.1 Å². The van der Waals surface area contributed by atoms with Crippen LogP contribution in [0.15, 0.2) is 66.2 Å². The molecule has 0 bridgehead atoms. The van der Waals surface area contributed by atoms with Crippen molar-refractivity contribution >= 4 is 22.9 Å². The summed E-state index contributed by atoms with van der Waals surface area (Å²) in [5.74, 6) is 0.928. The van der Waals surface area contributed by atoms with Crippen LogP contribution < -0.4 is 14.8 Å². The quantitative estimate of drug-likeness (QED) is 0.468. The Morgan fingerprint density at radius 2 is 1.77 bits per heavy atom. The molecular weight excluding hydrogens is 398 g/mol. The Morgan fingerprint density at radius 1 is 1.03 bits per heavy atom. The molecule has 0 radical (unpaired) electrons. The van der Waals surface area contributed by atoms with Crippen LogP contribution in [0.2, 0.25) is 0 Å². The van der Waals surface area contributed by atoms with Crippen molar-refractivity contribution in [3.05, 3.63) is 77.3 Å². The molecule has 0 aliphatic carbocycles. The predicted molar refractivity (Wildman–Crippen MR) is 119 cm³/mol. The van der Waals surface area contributed by atoms with Crippen molar-refractivity contribution in [1.82, 2.24) is 9.78 Å². The van der Waals surface area contributed by atoms with Crippen LogP contribution in [-0.4, -0.2) is 29.9 Å². The Bertz CT molecular complexity index is 1170. The van der Waals surface area contributed by atoms with Gasteiger partial charge in [0.05, 0.1) is 30.3 Å². The fraction of sp³-hybridized carbons (Fsp3) is 0.130. The molecule has 0 fully saturated rings. The van der Waals surface area contributed by atoms with Crippen molar-refractivity contribution in [2.75, 3.05) is 19.5 Å². The number of para-hydroxylation sites is 1. The highest BCUT2D eigenvalue weighted by atomic mass is 32.1. The normalized spacial score (nSPS) is 10.6. The second kappa shape index (κ2) is 8.42. The van der Waals surface area contributed by atoms with Crippen LogP contribution in [0, 0.1) is 6.92 Å². The number of benzene rings is 2. The monoisotopic (exact) mass is 419 g/mol. The lowest BCUT2D eigenvalue weighted by Gasteiger charge is -2.13. The molecule has 30 heavy (non-hydrogen) atoms. The van der Waals surface area contributed by atoms with Gasteiger partial charge < -0.3 is 14.8 Å². The first-order valence-electron chi connectivity index (χ1n) is 9.33. The number of hydrogen-bond donors (Lipinski definition) is 1. The number of anilines is 1. The molecule has 4 rings (SSSR count). The maximum Gasteiger partial charge on any atom is 0.259 e. The first kappa shape index (κ1) is 19.7. The number of aryl methyl sites for hydroxylation is 1. The highest BCUT2D eigenvalue weighted by Gasteiger charge is 2.21. The van der Waals surface area contributed by atoms with E-state index in [1.54, 1.807) is 42.5 Å². The summed E-state index contributed by atoms with van der Waals surface area (Å²) in [7, 11) is 3.15. The van der Waals surface area contributed by atoms with Gasteiger partial charge in [0.1, 0.15) is 5.69 Å². The summed E-state index contributed by atoms with van der Waals surface area (Å²) in [6.07, 6.45) is 1.76. The van der Waals surface area contributed by atoms with Gasteiger partial charge in [0.25, 0.3) is 5.91 Å². The molecule has 7 heteroatoms. The highest BCUT2D eigenvalue weighted by Crippen LogP contribution is 2.34. The molecule has 2 aromatic heterocycles. The van der Waals surface area contributed by atoms with Gasteiger partial charge in [-0.15, -0.1) is 11.3 Å². The van der Waals surface area contributed by atoms with Crippen LogP contribution in [-0.2, 0) is 0 Å². The standard InChI is InChI=1S/C23H21N3O3S/c1-15-12-19(28-2)20(29-3)13-18(15)24-23(27)17-14-26(16-8-5-4-6-9-16)25-22(17)21-10-7-11-30-21/h4-14H,1-3H3,(H,24,27). The Hall–Kier alpha value is -3.58.